The van der Waals surface area contributed by atoms with Gasteiger partial charge in [0.15, 0.2) is 0 Å². The van der Waals surface area contributed by atoms with Gasteiger partial charge in [-0.2, -0.15) is 5.10 Å². The van der Waals surface area contributed by atoms with E-state index in [9.17, 15) is 0 Å². The number of nitrogens with two attached hydrogens (primary N) is 1. The highest BCUT2D eigenvalue weighted by atomic mass is 79.9. The summed E-state index contributed by atoms with van der Waals surface area (Å²) in [5.74, 6) is 6.44. The molecular formula is C12H15BrClN5. The summed E-state index contributed by atoms with van der Waals surface area (Å²) in [6, 6.07) is 5.47. The van der Waals surface area contributed by atoms with Crippen LogP contribution in [-0.4, -0.2) is 14.8 Å². The van der Waals surface area contributed by atoms with Gasteiger partial charge in [0.05, 0.1) is 5.02 Å². The number of hydrogen-bond donors (Lipinski definition) is 2. The van der Waals surface area contributed by atoms with Crippen LogP contribution in [0.1, 0.15) is 30.8 Å². The fourth-order valence-corrected chi connectivity index (χ4v) is 2.33. The van der Waals surface area contributed by atoms with E-state index in [-0.39, 0.29) is 6.04 Å². The lowest BCUT2D eigenvalue weighted by atomic mass is 10.1. The number of rotatable bonds is 5. The van der Waals surface area contributed by atoms with Crippen molar-refractivity contribution < 1.29 is 0 Å². The van der Waals surface area contributed by atoms with E-state index in [1.165, 1.54) is 6.33 Å². The summed E-state index contributed by atoms with van der Waals surface area (Å²) < 4.78 is 2.70. The van der Waals surface area contributed by atoms with Crippen LogP contribution >= 0.6 is 27.5 Å². The van der Waals surface area contributed by atoms with Crippen molar-refractivity contribution in [2.75, 3.05) is 0 Å². The van der Waals surface area contributed by atoms with Gasteiger partial charge in [-0.3, -0.25) is 5.84 Å². The summed E-state index contributed by atoms with van der Waals surface area (Å²) >= 11 is 9.49. The first-order chi connectivity index (χ1) is 9.17. The Balaban J connectivity index is 2.38. The third-order valence-corrected chi connectivity index (χ3v) is 4.02. The van der Waals surface area contributed by atoms with Crippen LogP contribution in [-0.2, 0) is 6.54 Å². The van der Waals surface area contributed by atoms with Crippen LogP contribution in [0.2, 0.25) is 5.02 Å². The molecule has 0 saturated heterocycles. The zero-order valence-electron chi connectivity index (χ0n) is 10.5. The molecule has 102 valence electrons. The Morgan fingerprint density at radius 3 is 2.95 bits per heavy atom. The molecule has 1 atom stereocenters. The Kier molecular flexibility index (Phi) is 4.93. The second-order valence-electron chi connectivity index (χ2n) is 4.11. The van der Waals surface area contributed by atoms with Crippen molar-refractivity contribution >= 4 is 27.5 Å². The van der Waals surface area contributed by atoms with Gasteiger partial charge in [0, 0.05) is 11.0 Å². The predicted octanol–water partition coefficient (Wildman–Crippen LogP) is 2.66. The van der Waals surface area contributed by atoms with Gasteiger partial charge in [0.25, 0.3) is 0 Å². The molecular weight excluding hydrogens is 330 g/mol. The number of nitrogens with one attached hydrogen (secondary N) is 1. The second-order valence-corrected chi connectivity index (χ2v) is 5.38. The average molecular weight is 345 g/mol. The van der Waals surface area contributed by atoms with Crippen molar-refractivity contribution in [3.63, 3.8) is 0 Å². The molecule has 5 nitrogen and oxygen atoms in total. The molecule has 0 aliphatic carbocycles. The minimum Gasteiger partial charge on any atom is -0.270 e. The molecule has 0 bridgehead atoms. The maximum atomic E-state index is 6.12. The first-order valence-electron chi connectivity index (χ1n) is 5.96. The Hall–Kier alpha value is -0.950. The lowest BCUT2D eigenvalue weighted by Gasteiger charge is -2.17. The minimum atomic E-state index is -0.236. The fraction of sp³-hybridized carbons (Fsp3) is 0.333. The SMILES string of the molecule is CCCn1ncnc1C(NN)c1ccc(Br)c(Cl)c1. The number of hydrogen-bond acceptors (Lipinski definition) is 4. The number of nitrogens with zero attached hydrogens (tertiary/aromatic N) is 3. The summed E-state index contributed by atoms with van der Waals surface area (Å²) in [6.45, 7) is 2.89. The topological polar surface area (TPSA) is 68.8 Å². The van der Waals surface area contributed by atoms with Crippen LogP contribution in [0.5, 0.6) is 0 Å². The number of hydrazine groups is 1. The first kappa shape index (κ1) is 14.5. The molecule has 19 heavy (non-hydrogen) atoms. The van der Waals surface area contributed by atoms with Gasteiger partial charge in [-0.05, 0) is 40.0 Å². The Labute approximate surface area is 125 Å². The van der Waals surface area contributed by atoms with Crippen molar-refractivity contribution in [3.8, 4) is 0 Å². The molecule has 0 aliphatic rings. The van der Waals surface area contributed by atoms with Crippen molar-refractivity contribution in [1.29, 1.82) is 0 Å². The van der Waals surface area contributed by atoms with E-state index < -0.39 is 0 Å². The van der Waals surface area contributed by atoms with Gasteiger partial charge in [-0.1, -0.05) is 24.6 Å². The second kappa shape index (κ2) is 6.47. The number of aromatic nitrogens is 3. The van der Waals surface area contributed by atoms with Crippen LogP contribution in [0.25, 0.3) is 0 Å². The largest absolute Gasteiger partial charge is 0.270 e. The van der Waals surface area contributed by atoms with Crippen molar-refractivity contribution in [1.82, 2.24) is 20.2 Å². The normalized spacial score (nSPS) is 12.6. The maximum absolute atomic E-state index is 6.12. The third kappa shape index (κ3) is 3.14. The van der Waals surface area contributed by atoms with Crippen LogP contribution in [0.4, 0.5) is 0 Å². The van der Waals surface area contributed by atoms with E-state index in [0.717, 1.165) is 28.8 Å². The lowest BCUT2D eigenvalue weighted by Crippen LogP contribution is -2.31. The van der Waals surface area contributed by atoms with Gasteiger partial charge in [-0.25, -0.2) is 15.1 Å². The summed E-state index contributed by atoms with van der Waals surface area (Å²) in [6.07, 6.45) is 2.52. The van der Waals surface area contributed by atoms with Crippen LogP contribution in [0.15, 0.2) is 29.0 Å². The third-order valence-electron chi connectivity index (χ3n) is 2.78. The van der Waals surface area contributed by atoms with E-state index in [4.69, 9.17) is 17.4 Å². The molecule has 0 radical (unpaired) electrons. The van der Waals surface area contributed by atoms with Gasteiger partial charge in [-0.15, -0.1) is 0 Å². The average Bonchev–Trinajstić information content (AvgIpc) is 2.83. The Bertz CT molecular complexity index is 557. The highest BCUT2D eigenvalue weighted by Crippen LogP contribution is 2.28. The van der Waals surface area contributed by atoms with Gasteiger partial charge in [0.1, 0.15) is 18.2 Å². The Morgan fingerprint density at radius 1 is 1.53 bits per heavy atom. The monoisotopic (exact) mass is 343 g/mol. The number of aryl methyl sites for hydroxylation is 1. The van der Waals surface area contributed by atoms with E-state index in [1.54, 1.807) is 0 Å². The fourth-order valence-electron chi connectivity index (χ4n) is 1.89. The highest BCUT2D eigenvalue weighted by Gasteiger charge is 2.19. The molecule has 2 aromatic rings. The van der Waals surface area contributed by atoms with E-state index in [0.29, 0.717) is 5.02 Å². The molecule has 0 saturated carbocycles. The quantitative estimate of drug-likeness (QED) is 0.646. The standard InChI is InChI=1S/C12H15BrClN5/c1-2-5-19-12(16-7-17-19)11(18-15)8-3-4-9(13)10(14)6-8/h3-4,6-7,11,18H,2,5,15H2,1H3. The molecule has 3 N–H and O–H groups in total. The summed E-state index contributed by atoms with van der Waals surface area (Å²) in [7, 11) is 0. The minimum absolute atomic E-state index is 0.236. The van der Waals surface area contributed by atoms with Crippen molar-refractivity contribution in [2.45, 2.75) is 25.9 Å². The summed E-state index contributed by atoms with van der Waals surface area (Å²) in [5.41, 5.74) is 3.71. The lowest BCUT2D eigenvalue weighted by molar-refractivity contribution is 0.511. The summed E-state index contributed by atoms with van der Waals surface area (Å²) in [4.78, 5) is 4.29. The molecule has 1 aromatic heterocycles. The number of benzene rings is 1. The molecule has 1 heterocycles. The van der Waals surface area contributed by atoms with Crippen molar-refractivity contribution in [2.24, 2.45) is 5.84 Å². The molecule has 1 unspecified atom stereocenters. The van der Waals surface area contributed by atoms with E-state index in [1.807, 2.05) is 22.9 Å². The smallest absolute Gasteiger partial charge is 0.149 e. The molecule has 1 aromatic carbocycles. The first-order valence-corrected chi connectivity index (χ1v) is 7.13. The maximum Gasteiger partial charge on any atom is 0.149 e. The van der Waals surface area contributed by atoms with Gasteiger partial charge < -0.3 is 0 Å². The Morgan fingerprint density at radius 2 is 2.32 bits per heavy atom. The van der Waals surface area contributed by atoms with Crippen LogP contribution in [0, 0.1) is 0 Å². The van der Waals surface area contributed by atoms with E-state index in [2.05, 4.69) is 38.4 Å². The highest BCUT2D eigenvalue weighted by molar-refractivity contribution is 9.10. The molecule has 0 spiro atoms. The molecule has 0 amide bonds. The van der Waals surface area contributed by atoms with Crippen LogP contribution < -0.4 is 11.3 Å². The summed E-state index contributed by atoms with van der Waals surface area (Å²) in [5, 5.41) is 4.85. The van der Waals surface area contributed by atoms with Crippen LogP contribution in [0.3, 0.4) is 0 Å². The van der Waals surface area contributed by atoms with Crippen molar-refractivity contribution in [3.05, 3.63) is 45.4 Å². The zero-order valence-corrected chi connectivity index (χ0v) is 12.8. The molecule has 0 aliphatic heterocycles. The van der Waals surface area contributed by atoms with E-state index >= 15 is 0 Å². The molecule has 0 fully saturated rings. The van der Waals surface area contributed by atoms with Gasteiger partial charge >= 0.3 is 0 Å². The number of halogens is 2. The molecule has 2 rings (SSSR count). The zero-order chi connectivity index (χ0) is 13.8. The predicted molar refractivity (Wildman–Crippen MR) is 78.6 cm³/mol. The molecule has 7 heteroatoms. The van der Waals surface area contributed by atoms with Gasteiger partial charge in [0.2, 0.25) is 0 Å².